The van der Waals surface area contributed by atoms with E-state index < -0.39 is 52.1 Å². The first-order chi connectivity index (χ1) is 23.2. The van der Waals surface area contributed by atoms with E-state index in [9.17, 15) is 20.0 Å². The van der Waals surface area contributed by atoms with E-state index in [1.165, 1.54) is 24.3 Å². The number of ether oxygens (including phenoxy) is 6. The molecule has 2 heterocycles. The molecule has 3 aliphatic rings. The van der Waals surface area contributed by atoms with Gasteiger partial charge in [0.05, 0.1) is 35.4 Å². The Morgan fingerprint density at radius 1 is 1.20 bits per heavy atom. The van der Waals surface area contributed by atoms with Crippen LogP contribution in [0.2, 0.25) is 0 Å². The SMILES string of the molecule is C=C[C@@H](OC(=O)c1ccc([N+](=O)[O-])cc1)[C@@H](OC(C)C)[C@H]1C[C@]2(OCc3ccccc3Br)O[C@H]([C@@H]1C)[C@H](OCOC)[C@H]1CC[C@]2(O)C1(C)C. The Morgan fingerprint density at radius 3 is 2.51 bits per heavy atom. The van der Waals surface area contributed by atoms with Gasteiger partial charge in [-0.25, -0.2) is 4.79 Å². The molecule has 268 valence electrons. The zero-order chi connectivity index (χ0) is 35.7. The van der Waals surface area contributed by atoms with Crippen molar-refractivity contribution in [3.05, 3.63) is 86.9 Å². The number of benzene rings is 2. The van der Waals surface area contributed by atoms with E-state index in [1.807, 2.05) is 38.1 Å². The molecule has 5 rings (SSSR count). The molecule has 0 unspecified atom stereocenters. The number of aliphatic hydroxyl groups is 1. The first-order valence-corrected chi connectivity index (χ1v) is 17.6. The maximum atomic E-state index is 13.4. The molecule has 12 heteroatoms. The molecule has 2 aromatic carbocycles. The van der Waals surface area contributed by atoms with Crippen LogP contribution < -0.4 is 0 Å². The third-order valence-electron chi connectivity index (χ3n) is 10.9. The van der Waals surface area contributed by atoms with Crippen molar-refractivity contribution in [3.63, 3.8) is 0 Å². The van der Waals surface area contributed by atoms with Gasteiger partial charge >= 0.3 is 5.97 Å². The highest BCUT2D eigenvalue weighted by Crippen LogP contribution is 2.65. The number of esters is 1. The molecule has 0 aromatic heterocycles. The highest BCUT2D eigenvalue weighted by molar-refractivity contribution is 9.10. The lowest BCUT2D eigenvalue weighted by atomic mass is 9.66. The zero-order valence-corrected chi connectivity index (χ0v) is 30.6. The highest BCUT2D eigenvalue weighted by atomic mass is 79.9. The van der Waals surface area contributed by atoms with Crippen LogP contribution >= 0.6 is 15.9 Å². The van der Waals surface area contributed by atoms with Gasteiger partial charge in [0.25, 0.3) is 5.69 Å². The number of non-ortho nitro benzene ring substituents is 1. The summed E-state index contributed by atoms with van der Waals surface area (Å²) in [6, 6.07) is 13.0. The Bertz CT molecular complexity index is 1500. The molecule has 2 saturated heterocycles. The predicted octanol–water partition coefficient (Wildman–Crippen LogP) is 6.99. The molecule has 49 heavy (non-hydrogen) atoms. The topological polar surface area (TPSA) is 136 Å². The molecule has 1 aliphatic carbocycles. The normalized spacial score (nSPS) is 31.5. The number of nitro benzene ring substituents is 1. The van der Waals surface area contributed by atoms with E-state index in [0.717, 1.165) is 10.0 Å². The molecule has 2 aromatic rings. The van der Waals surface area contributed by atoms with Gasteiger partial charge in [0.15, 0.2) is 5.79 Å². The molecule has 1 saturated carbocycles. The Balaban J connectivity index is 1.58. The van der Waals surface area contributed by atoms with Crippen molar-refractivity contribution in [1.82, 2.24) is 0 Å². The van der Waals surface area contributed by atoms with Crippen LogP contribution in [0.15, 0.2) is 65.7 Å². The third-order valence-corrected chi connectivity index (χ3v) is 11.7. The minimum absolute atomic E-state index is 0.0474. The molecule has 2 aliphatic heterocycles. The summed E-state index contributed by atoms with van der Waals surface area (Å²) in [5, 5.41) is 24.1. The average Bonchev–Trinajstić information content (AvgIpc) is 3.29. The summed E-state index contributed by atoms with van der Waals surface area (Å²) in [4.78, 5) is 24.1. The van der Waals surface area contributed by atoms with Crippen molar-refractivity contribution < 1.29 is 43.2 Å². The second-order valence-corrected chi connectivity index (χ2v) is 15.1. The molecule has 4 bridgehead atoms. The van der Waals surface area contributed by atoms with E-state index in [-0.39, 0.29) is 54.9 Å². The summed E-state index contributed by atoms with van der Waals surface area (Å²) >= 11 is 3.64. The fraction of sp³-hybridized carbons (Fsp3) is 0.595. The molecule has 0 spiro atoms. The van der Waals surface area contributed by atoms with Crippen LogP contribution in [0.25, 0.3) is 0 Å². The first kappa shape index (κ1) is 37.5. The monoisotopic (exact) mass is 745 g/mol. The maximum absolute atomic E-state index is 13.4. The molecule has 9 atom stereocenters. The van der Waals surface area contributed by atoms with Gasteiger partial charge in [-0.05, 0) is 74.3 Å². The number of nitro groups is 1. The molecule has 11 nitrogen and oxygen atoms in total. The Kier molecular flexibility index (Phi) is 11.4. The Hall–Kier alpha value is -2.71. The number of carbonyl (C=O) groups excluding carboxylic acids is 1. The minimum Gasteiger partial charge on any atom is -0.452 e. The van der Waals surface area contributed by atoms with Crippen LogP contribution in [-0.2, 0) is 35.0 Å². The van der Waals surface area contributed by atoms with E-state index >= 15 is 0 Å². The summed E-state index contributed by atoms with van der Waals surface area (Å²) in [6.45, 7) is 14.2. The summed E-state index contributed by atoms with van der Waals surface area (Å²) in [6.07, 6.45) is 0.0171. The summed E-state index contributed by atoms with van der Waals surface area (Å²) in [5.74, 6) is -2.83. The van der Waals surface area contributed by atoms with E-state index in [2.05, 4.69) is 43.3 Å². The lowest BCUT2D eigenvalue weighted by Gasteiger charge is -2.56. The standard InChI is InChI=1S/C37H48BrNO10/c1-8-30(48-34(40)24-13-15-26(16-14-24)39(42)43)32(47-22(2)3)27-19-37(46-20-25-11-9-10-12-29(25)38)36(41)18-17-28(35(36,5)6)33(45-21-44-7)31(49-37)23(27)4/h8-16,22-23,27-28,30-33,41H,1,17-21H2,2-7H3/t23-,27+,28-,30-,31-,32+,33-,36+,37+/m1/s1. The number of hydrogen-bond acceptors (Lipinski definition) is 10. The van der Waals surface area contributed by atoms with Gasteiger partial charge in [0.1, 0.15) is 24.6 Å². The van der Waals surface area contributed by atoms with Crippen molar-refractivity contribution in [2.75, 3.05) is 13.9 Å². The van der Waals surface area contributed by atoms with Crippen molar-refractivity contribution >= 4 is 27.6 Å². The second kappa shape index (κ2) is 14.9. The van der Waals surface area contributed by atoms with Crippen molar-refractivity contribution in [2.45, 2.75) is 102 Å². The van der Waals surface area contributed by atoms with Crippen LogP contribution in [0, 0.1) is 33.3 Å². The molecular formula is C37H48BrNO10. The number of halogens is 1. The molecule has 0 amide bonds. The van der Waals surface area contributed by atoms with Gasteiger partial charge in [-0.1, -0.05) is 61.5 Å². The summed E-state index contributed by atoms with van der Waals surface area (Å²) in [5.41, 5.74) is -1.18. The van der Waals surface area contributed by atoms with Gasteiger partial charge in [0.2, 0.25) is 0 Å². The number of methoxy groups -OCH3 is 1. The van der Waals surface area contributed by atoms with Gasteiger partial charge < -0.3 is 33.5 Å². The second-order valence-electron chi connectivity index (χ2n) is 14.3. The van der Waals surface area contributed by atoms with Crippen molar-refractivity contribution in [1.29, 1.82) is 0 Å². The van der Waals surface area contributed by atoms with Crippen LogP contribution in [0.4, 0.5) is 5.69 Å². The van der Waals surface area contributed by atoms with Crippen molar-refractivity contribution in [3.8, 4) is 0 Å². The molecule has 0 radical (unpaired) electrons. The maximum Gasteiger partial charge on any atom is 0.338 e. The number of fused-ring (bicyclic) bond motifs is 5. The lowest BCUT2D eigenvalue weighted by molar-refractivity contribution is -0.390. The fourth-order valence-corrected chi connectivity index (χ4v) is 8.68. The van der Waals surface area contributed by atoms with Gasteiger partial charge in [-0.15, -0.1) is 0 Å². The number of hydrogen-bond donors (Lipinski definition) is 1. The van der Waals surface area contributed by atoms with Gasteiger partial charge in [-0.2, -0.15) is 0 Å². The first-order valence-electron chi connectivity index (χ1n) is 16.8. The molecule has 1 N–H and O–H groups in total. The van der Waals surface area contributed by atoms with E-state index in [1.54, 1.807) is 13.2 Å². The predicted molar refractivity (Wildman–Crippen MR) is 185 cm³/mol. The summed E-state index contributed by atoms with van der Waals surface area (Å²) < 4.78 is 39.3. The minimum atomic E-state index is -1.49. The average molecular weight is 747 g/mol. The fourth-order valence-electron chi connectivity index (χ4n) is 8.28. The van der Waals surface area contributed by atoms with E-state index in [0.29, 0.717) is 12.8 Å². The zero-order valence-electron chi connectivity index (χ0n) is 29.0. The van der Waals surface area contributed by atoms with Gasteiger partial charge in [0, 0.05) is 35.6 Å². The third kappa shape index (κ3) is 6.98. The van der Waals surface area contributed by atoms with Crippen LogP contribution in [0.5, 0.6) is 0 Å². The van der Waals surface area contributed by atoms with Crippen LogP contribution in [0.1, 0.15) is 69.8 Å². The highest BCUT2D eigenvalue weighted by Gasteiger charge is 2.74. The van der Waals surface area contributed by atoms with E-state index in [4.69, 9.17) is 28.4 Å². The Morgan fingerprint density at radius 2 is 1.90 bits per heavy atom. The quantitative estimate of drug-likeness (QED) is 0.0709. The Labute approximate surface area is 296 Å². The smallest absolute Gasteiger partial charge is 0.338 e. The summed E-state index contributed by atoms with van der Waals surface area (Å²) in [7, 11) is 1.58. The molecule has 3 fully saturated rings. The largest absolute Gasteiger partial charge is 0.452 e. The van der Waals surface area contributed by atoms with Crippen molar-refractivity contribution in [2.24, 2.45) is 23.2 Å². The molecular weight excluding hydrogens is 698 g/mol. The lowest BCUT2D eigenvalue weighted by Crippen LogP contribution is -2.67. The van der Waals surface area contributed by atoms with Crippen LogP contribution in [0.3, 0.4) is 0 Å². The number of rotatable bonds is 14. The number of carbonyl (C=O) groups is 1. The number of nitrogens with zero attached hydrogens (tertiary/aromatic N) is 1. The van der Waals surface area contributed by atoms with Gasteiger partial charge in [-0.3, -0.25) is 10.1 Å². The van der Waals surface area contributed by atoms with Crippen LogP contribution in [-0.4, -0.2) is 71.8 Å².